The number of benzene rings is 2. The quantitative estimate of drug-likeness (QED) is 0.435. The molecule has 3 aromatic rings. The monoisotopic (exact) mass is 399 g/mol. The molecule has 2 aromatic carbocycles. The van der Waals surface area contributed by atoms with Gasteiger partial charge in [0.25, 0.3) is 5.91 Å². The molecule has 0 atom stereocenters. The number of nitrogens with zero attached hydrogens (tertiary/aromatic N) is 2. The van der Waals surface area contributed by atoms with E-state index >= 15 is 0 Å². The minimum Gasteiger partial charge on any atom is -0.398 e. The van der Waals surface area contributed by atoms with Crippen molar-refractivity contribution in [2.45, 2.75) is 25.7 Å². The summed E-state index contributed by atoms with van der Waals surface area (Å²) >= 11 is 0. The Bertz CT molecular complexity index is 880. The van der Waals surface area contributed by atoms with Gasteiger partial charge in [0.2, 0.25) is 0 Å². The molecule has 3 rings (SSSR count). The average molecular weight is 400 g/mol. The molecule has 0 aliphatic rings. The van der Waals surface area contributed by atoms with Crippen LogP contribution >= 0.6 is 12.4 Å². The summed E-state index contributed by atoms with van der Waals surface area (Å²) in [5.74, 6) is 0.867. The van der Waals surface area contributed by atoms with Crippen molar-refractivity contribution in [2.75, 3.05) is 19.3 Å². The third-order valence-electron chi connectivity index (χ3n) is 4.58. The lowest BCUT2D eigenvalue weighted by Crippen LogP contribution is -2.28. The summed E-state index contributed by atoms with van der Waals surface area (Å²) in [6.45, 7) is 0.707. The van der Waals surface area contributed by atoms with E-state index in [0.717, 1.165) is 42.7 Å². The minimum absolute atomic E-state index is 0. The van der Waals surface area contributed by atoms with Gasteiger partial charge in [-0.1, -0.05) is 54.0 Å². The van der Waals surface area contributed by atoms with Crippen molar-refractivity contribution in [1.82, 2.24) is 10.1 Å². The first-order valence-corrected chi connectivity index (χ1v) is 9.26. The molecule has 0 fully saturated rings. The molecule has 0 spiro atoms. The van der Waals surface area contributed by atoms with Gasteiger partial charge in [0.05, 0.1) is 5.56 Å². The summed E-state index contributed by atoms with van der Waals surface area (Å²) in [5, 5.41) is 4.14. The number of amides is 1. The number of nitrogen functional groups attached to an aromatic ring is 1. The SMILES string of the molecule is CN(CCCCCc1cc(-c2ccccc2)no1)C(=O)c1ccccc1N.Cl. The van der Waals surface area contributed by atoms with E-state index in [1.54, 1.807) is 17.0 Å². The van der Waals surface area contributed by atoms with Crippen molar-refractivity contribution in [2.24, 2.45) is 0 Å². The maximum absolute atomic E-state index is 12.4. The second kappa shape index (κ2) is 10.5. The lowest BCUT2D eigenvalue weighted by Gasteiger charge is -2.18. The second-order valence-electron chi connectivity index (χ2n) is 6.67. The second-order valence-corrected chi connectivity index (χ2v) is 6.67. The number of hydrogen-bond donors (Lipinski definition) is 1. The largest absolute Gasteiger partial charge is 0.398 e. The van der Waals surface area contributed by atoms with Gasteiger partial charge in [-0.25, -0.2) is 0 Å². The summed E-state index contributed by atoms with van der Waals surface area (Å²) in [6, 6.07) is 19.2. The van der Waals surface area contributed by atoms with E-state index in [-0.39, 0.29) is 18.3 Å². The number of aromatic nitrogens is 1. The van der Waals surface area contributed by atoms with Crippen molar-refractivity contribution in [3.8, 4) is 11.3 Å². The lowest BCUT2D eigenvalue weighted by molar-refractivity contribution is 0.0793. The van der Waals surface area contributed by atoms with Crippen LogP contribution in [0.2, 0.25) is 0 Å². The molecule has 0 aliphatic heterocycles. The number of anilines is 1. The number of hydrogen-bond acceptors (Lipinski definition) is 4. The van der Waals surface area contributed by atoms with Crippen LogP contribution in [0, 0.1) is 0 Å². The number of carbonyl (C=O) groups is 1. The molecule has 0 unspecified atom stereocenters. The van der Waals surface area contributed by atoms with Gasteiger partial charge >= 0.3 is 0 Å². The van der Waals surface area contributed by atoms with Gasteiger partial charge in [-0.15, -0.1) is 12.4 Å². The van der Waals surface area contributed by atoms with Crippen LogP contribution in [0.25, 0.3) is 11.3 Å². The number of aryl methyl sites for hydroxylation is 1. The van der Waals surface area contributed by atoms with Gasteiger partial charge in [0, 0.05) is 37.3 Å². The fraction of sp³-hybridized carbons (Fsp3) is 0.273. The molecule has 148 valence electrons. The number of halogens is 1. The predicted molar refractivity (Wildman–Crippen MR) is 115 cm³/mol. The van der Waals surface area contributed by atoms with E-state index < -0.39 is 0 Å². The standard InChI is InChI=1S/C22H25N3O2.ClH/c1-25(22(26)19-13-7-8-14-20(19)23)15-9-3-6-12-18-16-21(24-27-18)17-10-4-2-5-11-17;/h2,4-5,7-8,10-11,13-14,16H,3,6,9,12,15,23H2,1H3;1H. The highest BCUT2D eigenvalue weighted by molar-refractivity contribution is 5.98. The van der Waals surface area contributed by atoms with Crippen molar-refractivity contribution in [3.63, 3.8) is 0 Å². The third kappa shape index (κ3) is 5.60. The molecule has 1 heterocycles. The third-order valence-corrected chi connectivity index (χ3v) is 4.58. The first kappa shape index (κ1) is 21.5. The summed E-state index contributed by atoms with van der Waals surface area (Å²) in [4.78, 5) is 14.1. The summed E-state index contributed by atoms with van der Waals surface area (Å²) in [5.41, 5.74) is 8.90. The maximum Gasteiger partial charge on any atom is 0.255 e. The first-order chi connectivity index (χ1) is 13.1. The molecule has 0 saturated heterocycles. The zero-order valence-corrected chi connectivity index (χ0v) is 16.8. The number of unbranched alkanes of at least 4 members (excludes halogenated alkanes) is 2. The highest BCUT2D eigenvalue weighted by atomic mass is 35.5. The highest BCUT2D eigenvalue weighted by Gasteiger charge is 2.13. The van der Waals surface area contributed by atoms with Gasteiger partial charge < -0.3 is 15.2 Å². The number of nitrogens with two attached hydrogens (primary N) is 1. The lowest BCUT2D eigenvalue weighted by atomic mass is 10.1. The Morgan fingerprint density at radius 2 is 1.75 bits per heavy atom. The molecule has 5 nitrogen and oxygen atoms in total. The van der Waals surface area contributed by atoms with Gasteiger partial charge in [-0.3, -0.25) is 4.79 Å². The molecule has 0 aliphatic carbocycles. The van der Waals surface area contributed by atoms with Crippen molar-refractivity contribution >= 4 is 24.0 Å². The fourth-order valence-electron chi connectivity index (χ4n) is 3.00. The van der Waals surface area contributed by atoms with Gasteiger partial charge in [0.1, 0.15) is 11.5 Å². The van der Waals surface area contributed by atoms with Gasteiger partial charge in [0.15, 0.2) is 0 Å². The summed E-state index contributed by atoms with van der Waals surface area (Å²) < 4.78 is 5.43. The molecule has 6 heteroatoms. The van der Waals surface area contributed by atoms with Crippen molar-refractivity contribution < 1.29 is 9.32 Å². The van der Waals surface area contributed by atoms with Crippen LogP contribution in [0.5, 0.6) is 0 Å². The van der Waals surface area contributed by atoms with Crippen LogP contribution < -0.4 is 5.73 Å². The van der Waals surface area contributed by atoms with Crippen LogP contribution in [0.1, 0.15) is 35.4 Å². The van der Waals surface area contributed by atoms with Crippen molar-refractivity contribution in [3.05, 3.63) is 72.0 Å². The van der Waals surface area contributed by atoms with Crippen LogP contribution in [0.15, 0.2) is 65.2 Å². The zero-order chi connectivity index (χ0) is 19.1. The Hall–Kier alpha value is -2.79. The molecule has 1 amide bonds. The van der Waals surface area contributed by atoms with Crippen LogP contribution in [0.4, 0.5) is 5.69 Å². The van der Waals surface area contributed by atoms with Gasteiger partial charge in [-0.2, -0.15) is 0 Å². The number of para-hydroxylation sites is 1. The number of carbonyl (C=O) groups excluding carboxylic acids is 1. The molecular formula is C22H26ClN3O2. The normalized spacial score (nSPS) is 10.3. The van der Waals surface area contributed by atoms with E-state index in [1.807, 2.05) is 55.6 Å². The topological polar surface area (TPSA) is 72.4 Å². The smallest absolute Gasteiger partial charge is 0.255 e. The average Bonchev–Trinajstić information content (AvgIpc) is 3.17. The van der Waals surface area contributed by atoms with E-state index in [0.29, 0.717) is 17.8 Å². The first-order valence-electron chi connectivity index (χ1n) is 9.26. The minimum atomic E-state index is -0.0316. The zero-order valence-electron chi connectivity index (χ0n) is 16.0. The molecule has 0 bridgehead atoms. The molecule has 0 radical (unpaired) electrons. The van der Waals surface area contributed by atoms with E-state index in [9.17, 15) is 4.79 Å². The Morgan fingerprint density at radius 1 is 1.04 bits per heavy atom. The Morgan fingerprint density at radius 3 is 2.50 bits per heavy atom. The van der Waals surface area contributed by atoms with E-state index in [1.165, 1.54) is 0 Å². The molecule has 2 N–H and O–H groups in total. The van der Waals surface area contributed by atoms with Gasteiger partial charge in [-0.05, 0) is 25.0 Å². The predicted octanol–water partition coefficient (Wildman–Crippen LogP) is 4.83. The van der Waals surface area contributed by atoms with Crippen LogP contribution in [-0.2, 0) is 6.42 Å². The Kier molecular flexibility index (Phi) is 8.08. The number of rotatable bonds is 8. The van der Waals surface area contributed by atoms with Crippen LogP contribution in [0.3, 0.4) is 0 Å². The van der Waals surface area contributed by atoms with Crippen molar-refractivity contribution in [1.29, 1.82) is 0 Å². The Balaban J connectivity index is 0.00000280. The summed E-state index contributed by atoms with van der Waals surface area (Å²) in [7, 11) is 1.82. The Labute approximate surface area is 171 Å². The summed E-state index contributed by atoms with van der Waals surface area (Å²) in [6.07, 6.45) is 3.81. The van der Waals surface area contributed by atoms with Crippen LogP contribution in [-0.4, -0.2) is 29.6 Å². The molecule has 28 heavy (non-hydrogen) atoms. The van der Waals surface area contributed by atoms with E-state index in [2.05, 4.69) is 5.16 Å². The maximum atomic E-state index is 12.4. The fourth-order valence-corrected chi connectivity index (χ4v) is 3.00. The molecule has 1 aromatic heterocycles. The van der Waals surface area contributed by atoms with E-state index in [4.69, 9.17) is 10.3 Å². The molecule has 0 saturated carbocycles. The molecular weight excluding hydrogens is 374 g/mol. The highest BCUT2D eigenvalue weighted by Crippen LogP contribution is 2.20.